The highest BCUT2D eigenvalue weighted by Gasteiger charge is 2.13. The average molecular weight is 384 g/mol. The Kier molecular flexibility index (Phi) is 6.24. The van der Waals surface area contributed by atoms with E-state index in [4.69, 9.17) is 11.6 Å². The van der Waals surface area contributed by atoms with Gasteiger partial charge in [0.05, 0.1) is 16.9 Å². The van der Waals surface area contributed by atoms with E-state index in [9.17, 15) is 9.59 Å². The van der Waals surface area contributed by atoms with Gasteiger partial charge in [0.1, 0.15) is 5.82 Å². The summed E-state index contributed by atoms with van der Waals surface area (Å²) in [5, 5.41) is 4.28. The molecule has 0 radical (unpaired) electrons. The fraction of sp³-hybridized carbons (Fsp3) is 0.286. The molecular formula is C21H22ClN3O2. The van der Waals surface area contributed by atoms with Crippen LogP contribution in [0.3, 0.4) is 0 Å². The highest BCUT2D eigenvalue weighted by Crippen LogP contribution is 2.20. The number of fused-ring (bicyclic) bond motifs is 1. The van der Waals surface area contributed by atoms with E-state index in [-0.39, 0.29) is 17.5 Å². The molecule has 0 bridgehead atoms. The van der Waals surface area contributed by atoms with Gasteiger partial charge in [-0.3, -0.25) is 9.59 Å². The molecule has 27 heavy (non-hydrogen) atoms. The predicted octanol–water partition coefficient (Wildman–Crippen LogP) is 4.17. The first kappa shape index (κ1) is 19.1. The van der Waals surface area contributed by atoms with Gasteiger partial charge in [-0.15, -0.1) is 0 Å². The average Bonchev–Trinajstić information content (AvgIpc) is 2.66. The molecule has 0 aliphatic rings. The largest absolute Gasteiger partial charge is 0.349 e. The van der Waals surface area contributed by atoms with Crippen LogP contribution >= 0.6 is 11.6 Å². The topological polar surface area (TPSA) is 74.8 Å². The van der Waals surface area contributed by atoms with Crippen molar-refractivity contribution in [2.75, 3.05) is 0 Å². The minimum atomic E-state index is -0.146. The smallest absolute Gasteiger partial charge is 0.258 e. The molecular weight excluding hydrogens is 362 g/mol. The number of carbonyl (C=O) groups is 1. The zero-order valence-corrected chi connectivity index (χ0v) is 15.9. The van der Waals surface area contributed by atoms with Crippen LogP contribution in [0.5, 0.6) is 0 Å². The van der Waals surface area contributed by atoms with Crippen LogP contribution in [-0.4, -0.2) is 15.9 Å². The summed E-state index contributed by atoms with van der Waals surface area (Å²) in [5.41, 5.74) is 1.53. The normalized spacial score (nSPS) is 12.1. The molecule has 1 aromatic heterocycles. The van der Waals surface area contributed by atoms with E-state index < -0.39 is 0 Å². The first-order valence-electron chi connectivity index (χ1n) is 9.09. The summed E-state index contributed by atoms with van der Waals surface area (Å²) < 4.78 is 0. The van der Waals surface area contributed by atoms with E-state index in [0.717, 1.165) is 12.0 Å². The fourth-order valence-corrected chi connectivity index (χ4v) is 3.28. The number of rotatable bonds is 7. The summed E-state index contributed by atoms with van der Waals surface area (Å²) in [7, 11) is 0. The SMILES string of the molecule is CCC(NC(=O)CCCc1nc2ccccc2c(=O)[nH]1)c1cccc(Cl)c1. The van der Waals surface area contributed by atoms with Gasteiger partial charge in [0.25, 0.3) is 5.56 Å². The number of aromatic nitrogens is 2. The molecule has 0 saturated heterocycles. The lowest BCUT2D eigenvalue weighted by molar-refractivity contribution is -0.122. The third-order valence-electron chi connectivity index (χ3n) is 4.47. The number of aromatic amines is 1. The number of aryl methyl sites for hydroxylation is 1. The Balaban J connectivity index is 1.57. The first-order valence-corrected chi connectivity index (χ1v) is 9.47. The van der Waals surface area contributed by atoms with Crippen LogP contribution in [0.2, 0.25) is 5.02 Å². The number of carbonyl (C=O) groups excluding carboxylic acids is 1. The molecule has 140 valence electrons. The minimum Gasteiger partial charge on any atom is -0.349 e. The summed E-state index contributed by atoms with van der Waals surface area (Å²) in [4.78, 5) is 31.6. The van der Waals surface area contributed by atoms with E-state index in [0.29, 0.717) is 41.0 Å². The Hall–Kier alpha value is -2.66. The molecule has 0 aliphatic carbocycles. The molecule has 1 amide bonds. The maximum absolute atomic E-state index is 12.3. The molecule has 0 aliphatic heterocycles. The van der Waals surface area contributed by atoms with Crippen molar-refractivity contribution in [2.24, 2.45) is 0 Å². The van der Waals surface area contributed by atoms with Crippen LogP contribution in [0.4, 0.5) is 0 Å². The Morgan fingerprint density at radius 3 is 2.81 bits per heavy atom. The molecule has 0 saturated carbocycles. The molecule has 0 spiro atoms. The second-order valence-corrected chi connectivity index (χ2v) is 6.90. The van der Waals surface area contributed by atoms with Gasteiger partial charge in [-0.2, -0.15) is 0 Å². The molecule has 3 aromatic rings. The molecule has 2 aromatic carbocycles. The molecule has 3 rings (SSSR count). The highest BCUT2D eigenvalue weighted by molar-refractivity contribution is 6.30. The molecule has 1 heterocycles. The van der Waals surface area contributed by atoms with Crippen molar-refractivity contribution in [1.29, 1.82) is 0 Å². The summed E-state index contributed by atoms with van der Waals surface area (Å²) in [6.45, 7) is 2.02. The summed E-state index contributed by atoms with van der Waals surface area (Å²) >= 11 is 6.04. The van der Waals surface area contributed by atoms with Crippen molar-refractivity contribution in [3.8, 4) is 0 Å². The first-order chi connectivity index (χ1) is 13.1. The van der Waals surface area contributed by atoms with Crippen LogP contribution in [0.25, 0.3) is 10.9 Å². The van der Waals surface area contributed by atoms with E-state index in [1.54, 1.807) is 6.07 Å². The van der Waals surface area contributed by atoms with Gasteiger partial charge < -0.3 is 10.3 Å². The molecule has 0 fully saturated rings. The lowest BCUT2D eigenvalue weighted by atomic mass is 10.0. The number of hydrogen-bond acceptors (Lipinski definition) is 3. The third-order valence-corrected chi connectivity index (χ3v) is 4.71. The molecule has 6 heteroatoms. The number of amides is 1. The monoisotopic (exact) mass is 383 g/mol. The maximum atomic E-state index is 12.3. The number of hydrogen-bond donors (Lipinski definition) is 2. The zero-order valence-electron chi connectivity index (χ0n) is 15.2. The van der Waals surface area contributed by atoms with Crippen molar-refractivity contribution in [3.63, 3.8) is 0 Å². The van der Waals surface area contributed by atoms with Crippen molar-refractivity contribution in [3.05, 3.63) is 75.3 Å². The zero-order chi connectivity index (χ0) is 19.2. The number of halogens is 1. The van der Waals surface area contributed by atoms with Crippen molar-refractivity contribution < 1.29 is 4.79 Å². The van der Waals surface area contributed by atoms with Gasteiger partial charge in [-0.25, -0.2) is 4.98 Å². The van der Waals surface area contributed by atoms with Crippen molar-refractivity contribution in [1.82, 2.24) is 15.3 Å². The van der Waals surface area contributed by atoms with Crippen LogP contribution < -0.4 is 10.9 Å². The van der Waals surface area contributed by atoms with Gasteiger partial charge in [0.2, 0.25) is 5.91 Å². The maximum Gasteiger partial charge on any atom is 0.258 e. The van der Waals surface area contributed by atoms with Crippen molar-refractivity contribution >= 4 is 28.4 Å². The van der Waals surface area contributed by atoms with Gasteiger partial charge in [0.15, 0.2) is 0 Å². The molecule has 2 N–H and O–H groups in total. The number of para-hydroxylation sites is 1. The van der Waals surface area contributed by atoms with Crippen LogP contribution in [0.15, 0.2) is 53.3 Å². The van der Waals surface area contributed by atoms with Crippen LogP contribution in [0.1, 0.15) is 43.6 Å². The van der Waals surface area contributed by atoms with E-state index in [1.807, 2.05) is 49.4 Å². The second-order valence-electron chi connectivity index (χ2n) is 6.47. The Morgan fingerprint density at radius 1 is 1.22 bits per heavy atom. The number of benzene rings is 2. The summed E-state index contributed by atoms with van der Waals surface area (Å²) in [6.07, 6.45) is 2.31. The number of H-pyrrole nitrogens is 1. The van der Waals surface area contributed by atoms with Crippen molar-refractivity contribution in [2.45, 2.75) is 38.6 Å². The number of nitrogens with one attached hydrogen (secondary N) is 2. The quantitative estimate of drug-likeness (QED) is 0.643. The Morgan fingerprint density at radius 2 is 2.04 bits per heavy atom. The van der Waals surface area contributed by atoms with E-state index in [1.165, 1.54) is 0 Å². The molecule has 1 unspecified atom stereocenters. The molecule has 1 atom stereocenters. The van der Waals surface area contributed by atoms with Crippen LogP contribution in [-0.2, 0) is 11.2 Å². The highest BCUT2D eigenvalue weighted by atomic mass is 35.5. The molecule has 5 nitrogen and oxygen atoms in total. The van der Waals surface area contributed by atoms with E-state index >= 15 is 0 Å². The lowest BCUT2D eigenvalue weighted by Crippen LogP contribution is -2.28. The van der Waals surface area contributed by atoms with Crippen LogP contribution in [0, 0.1) is 0 Å². The van der Waals surface area contributed by atoms with Gasteiger partial charge in [-0.05, 0) is 42.7 Å². The number of nitrogens with zero attached hydrogens (tertiary/aromatic N) is 1. The predicted molar refractivity (Wildman–Crippen MR) is 108 cm³/mol. The van der Waals surface area contributed by atoms with Gasteiger partial charge in [-0.1, -0.05) is 42.8 Å². The summed E-state index contributed by atoms with van der Waals surface area (Å²) in [5.74, 6) is 0.582. The fourth-order valence-electron chi connectivity index (χ4n) is 3.08. The van der Waals surface area contributed by atoms with Gasteiger partial charge >= 0.3 is 0 Å². The second kappa shape index (κ2) is 8.82. The standard InChI is InChI=1S/C21H22ClN3O2/c1-2-17(14-7-5-8-15(22)13-14)24-20(26)12-6-11-19-23-18-10-4-3-9-16(18)21(27)25-19/h3-5,7-10,13,17H,2,6,11-12H2,1H3,(H,24,26)(H,23,25,27). The Bertz CT molecular complexity index is 1000. The van der Waals surface area contributed by atoms with E-state index in [2.05, 4.69) is 15.3 Å². The van der Waals surface area contributed by atoms with Gasteiger partial charge in [0, 0.05) is 17.9 Å². The lowest BCUT2D eigenvalue weighted by Gasteiger charge is -2.17. The third kappa shape index (κ3) is 4.95. The minimum absolute atomic E-state index is 0.0232. The summed E-state index contributed by atoms with van der Waals surface area (Å²) in [6, 6.07) is 14.7. The Labute approximate surface area is 162 Å².